The summed E-state index contributed by atoms with van der Waals surface area (Å²) in [6.07, 6.45) is 7.72. The summed E-state index contributed by atoms with van der Waals surface area (Å²) in [6.45, 7) is 1.17. The fourth-order valence-corrected chi connectivity index (χ4v) is 4.75. The number of ether oxygens (including phenoxy) is 1. The van der Waals surface area contributed by atoms with Gasteiger partial charge in [0.05, 0.1) is 35.1 Å². The van der Waals surface area contributed by atoms with Crippen LogP contribution in [0.1, 0.15) is 25.7 Å². The molecule has 6 nitrogen and oxygen atoms in total. The van der Waals surface area contributed by atoms with Crippen LogP contribution >= 0.6 is 11.3 Å². The van der Waals surface area contributed by atoms with E-state index in [2.05, 4.69) is 26.8 Å². The highest BCUT2D eigenvalue weighted by atomic mass is 32.1. The highest BCUT2D eigenvalue weighted by Gasteiger charge is 2.27. The van der Waals surface area contributed by atoms with Gasteiger partial charge in [-0.3, -0.25) is 14.5 Å². The van der Waals surface area contributed by atoms with Gasteiger partial charge in [0, 0.05) is 31.3 Å². The molecule has 0 unspecified atom stereocenters. The van der Waals surface area contributed by atoms with Crippen molar-refractivity contribution < 1.29 is 9.53 Å². The number of carbonyl (C=O) groups is 1. The largest absolute Gasteiger partial charge is 0.381 e. The number of pyridine rings is 1. The van der Waals surface area contributed by atoms with Crippen molar-refractivity contribution in [1.82, 2.24) is 20.1 Å². The normalized spacial score (nSPS) is 19.2. The molecule has 1 N–H and O–H groups in total. The monoisotopic (exact) mass is 410 g/mol. The Balaban J connectivity index is 1.45. The molecule has 0 spiro atoms. The zero-order valence-electron chi connectivity index (χ0n) is 16.6. The molecule has 4 rings (SSSR count). The summed E-state index contributed by atoms with van der Waals surface area (Å²) >= 11 is 1.68. The Morgan fingerprint density at radius 1 is 1.31 bits per heavy atom. The lowest BCUT2D eigenvalue weighted by Crippen LogP contribution is -2.37. The second kappa shape index (κ2) is 9.33. The van der Waals surface area contributed by atoms with Crippen molar-refractivity contribution in [3.63, 3.8) is 0 Å². The molecule has 1 aliphatic rings. The molecular weight excluding hydrogens is 384 g/mol. The summed E-state index contributed by atoms with van der Waals surface area (Å²) in [4.78, 5) is 18.2. The molecule has 3 heterocycles. The van der Waals surface area contributed by atoms with Crippen LogP contribution in [-0.4, -0.2) is 40.4 Å². The second-order valence-corrected chi connectivity index (χ2v) is 8.28. The molecule has 0 radical (unpaired) electrons. The minimum Gasteiger partial charge on any atom is -0.381 e. The average Bonchev–Trinajstić information content (AvgIpc) is 3.44. The topological polar surface area (TPSA) is 69.0 Å². The standard InChI is InChI=1S/C22H26N4O2S/c1-28-17-7-4-6-16(14-17)22(27)24-11-12-26-21(20-9-5-13-29-20)18(15-25-26)19-8-2-3-10-23-19/h2-3,5,8-10,13,15-17H,4,6-7,11-12,14H2,1H3,(H,24,27)/t16-,17-/m0/s1. The SMILES string of the molecule is CO[C@H]1CCC[C@H](C(=O)NCCn2ncc(-c3ccccn3)c2-c2cccs2)C1. The lowest BCUT2D eigenvalue weighted by Gasteiger charge is -2.27. The summed E-state index contributed by atoms with van der Waals surface area (Å²) in [5, 5.41) is 9.76. The third-order valence-corrected chi connectivity index (χ3v) is 6.36. The van der Waals surface area contributed by atoms with Crippen LogP contribution in [0.25, 0.3) is 21.8 Å². The van der Waals surface area contributed by atoms with Gasteiger partial charge in [-0.15, -0.1) is 11.3 Å². The molecule has 7 heteroatoms. The molecule has 0 saturated heterocycles. The summed E-state index contributed by atoms with van der Waals surface area (Å²) in [5.41, 5.74) is 2.96. The lowest BCUT2D eigenvalue weighted by molar-refractivity contribution is -0.127. The molecule has 1 aliphatic carbocycles. The Kier molecular flexibility index (Phi) is 6.36. The first-order chi connectivity index (χ1) is 14.3. The number of amides is 1. The van der Waals surface area contributed by atoms with Gasteiger partial charge < -0.3 is 10.1 Å². The van der Waals surface area contributed by atoms with Crippen molar-refractivity contribution in [2.24, 2.45) is 5.92 Å². The molecule has 1 saturated carbocycles. The first-order valence-corrected chi connectivity index (χ1v) is 11.0. The molecule has 2 atom stereocenters. The van der Waals surface area contributed by atoms with Gasteiger partial charge in [0.25, 0.3) is 0 Å². The van der Waals surface area contributed by atoms with Gasteiger partial charge in [-0.05, 0) is 42.8 Å². The molecule has 1 fully saturated rings. The maximum absolute atomic E-state index is 12.6. The number of thiophene rings is 1. The summed E-state index contributed by atoms with van der Waals surface area (Å²) in [7, 11) is 1.73. The van der Waals surface area contributed by atoms with Crippen molar-refractivity contribution >= 4 is 17.2 Å². The number of carbonyl (C=O) groups excluding carboxylic acids is 1. The van der Waals surface area contributed by atoms with E-state index in [0.29, 0.717) is 13.1 Å². The van der Waals surface area contributed by atoms with Crippen molar-refractivity contribution in [2.45, 2.75) is 38.3 Å². The minimum absolute atomic E-state index is 0.0483. The van der Waals surface area contributed by atoms with Gasteiger partial charge in [-0.2, -0.15) is 5.10 Å². The summed E-state index contributed by atoms with van der Waals surface area (Å²) < 4.78 is 7.42. The van der Waals surface area contributed by atoms with E-state index in [1.54, 1.807) is 24.6 Å². The molecule has 0 aromatic carbocycles. The molecule has 152 valence electrons. The smallest absolute Gasteiger partial charge is 0.223 e. The highest BCUT2D eigenvalue weighted by molar-refractivity contribution is 7.13. The van der Waals surface area contributed by atoms with Gasteiger partial charge in [-0.1, -0.05) is 18.6 Å². The van der Waals surface area contributed by atoms with E-state index in [9.17, 15) is 4.79 Å². The third-order valence-electron chi connectivity index (χ3n) is 5.49. The fraction of sp³-hybridized carbons (Fsp3) is 0.409. The van der Waals surface area contributed by atoms with Crippen molar-refractivity contribution in [2.75, 3.05) is 13.7 Å². The second-order valence-electron chi connectivity index (χ2n) is 7.33. The van der Waals surface area contributed by atoms with Crippen LogP contribution in [0, 0.1) is 5.92 Å². The van der Waals surface area contributed by atoms with Gasteiger partial charge in [0.2, 0.25) is 5.91 Å². The first-order valence-electron chi connectivity index (χ1n) is 10.1. The Hall–Kier alpha value is -2.51. The molecule has 3 aromatic heterocycles. The van der Waals surface area contributed by atoms with E-state index in [4.69, 9.17) is 4.74 Å². The van der Waals surface area contributed by atoms with E-state index in [1.807, 2.05) is 35.1 Å². The zero-order chi connectivity index (χ0) is 20.1. The lowest BCUT2D eigenvalue weighted by atomic mass is 9.86. The Morgan fingerprint density at radius 2 is 2.24 bits per heavy atom. The highest BCUT2D eigenvalue weighted by Crippen LogP contribution is 2.33. The maximum atomic E-state index is 12.6. The van der Waals surface area contributed by atoms with E-state index < -0.39 is 0 Å². The van der Waals surface area contributed by atoms with Gasteiger partial charge in [0.15, 0.2) is 0 Å². The van der Waals surface area contributed by atoms with Crippen LogP contribution in [0.2, 0.25) is 0 Å². The number of nitrogens with one attached hydrogen (secondary N) is 1. The van der Waals surface area contributed by atoms with E-state index in [0.717, 1.165) is 47.5 Å². The van der Waals surface area contributed by atoms with Crippen LogP contribution in [0.3, 0.4) is 0 Å². The van der Waals surface area contributed by atoms with Crippen molar-refractivity contribution in [3.05, 3.63) is 48.1 Å². The van der Waals surface area contributed by atoms with Crippen LogP contribution in [0.4, 0.5) is 0 Å². The van der Waals surface area contributed by atoms with Crippen LogP contribution in [-0.2, 0) is 16.1 Å². The Bertz CT molecular complexity index is 924. The van der Waals surface area contributed by atoms with Crippen LogP contribution < -0.4 is 5.32 Å². The number of rotatable bonds is 7. The Morgan fingerprint density at radius 3 is 3.00 bits per heavy atom. The quantitative estimate of drug-likeness (QED) is 0.639. The molecule has 0 aliphatic heterocycles. The van der Waals surface area contributed by atoms with E-state index in [-0.39, 0.29) is 17.9 Å². The minimum atomic E-state index is 0.0483. The molecule has 0 bridgehead atoms. The third kappa shape index (κ3) is 4.57. The Labute approximate surface area is 174 Å². The van der Waals surface area contributed by atoms with Gasteiger partial charge in [0.1, 0.15) is 0 Å². The number of nitrogens with zero attached hydrogens (tertiary/aromatic N) is 3. The van der Waals surface area contributed by atoms with Crippen LogP contribution in [0.15, 0.2) is 48.1 Å². The predicted molar refractivity (Wildman–Crippen MR) is 115 cm³/mol. The number of hydrogen-bond acceptors (Lipinski definition) is 5. The van der Waals surface area contributed by atoms with Gasteiger partial charge in [-0.25, -0.2) is 0 Å². The van der Waals surface area contributed by atoms with Crippen molar-refractivity contribution in [3.8, 4) is 21.8 Å². The number of methoxy groups -OCH3 is 1. The zero-order valence-corrected chi connectivity index (χ0v) is 17.4. The number of hydrogen-bond donors (Lipinski definition) is 1. The fourth-order valence-electron chi connectivity index (χ4n) is 3.96. The van der Waals surface area contributed by atoms with E-state index in [1.165, 1.54) is 0 Å². The molecule has 1 amide bonds. The summed E-state index contributed by atoms with van der Waals surface area (Å²) in [6, 6.07) is 10.0. The van der Waals surface area contributed by atoms with Gasteiger partial charge >= 0.3 is 0 Å². The van der Waals surface area contributed by atoms with Crippen molar-refractivity contribution in [1.29, 1.82) is 0 Å². The van der Waals surface area contributed by atoms with Crippen LogP contribution in [0.5, 0.6) is 0 Å². The number of aromatic nitrogens is 3. The summed E-state index contributed by atoms with van der Waals surface area (Å²) in [5.74, 6) is 0.175. The molecule has 3 aromatic rings. The first kappa shape index (κ1) is 19.8. The molecular formula is C22H26N4O2S. The predicted octanol–water partition coefficient (Wildman–Crippen LogP) is 4.00. The van der Waals surface area contributed by atoms with E-state index >= 15 is 0 Å². The average molecular weight is 411 g/mol. The maximum Gasteiger partial charge on any atom is 0.223 e. The molecule has 29 heavy (non-hydrogen) atoms.